The van der Waals surface area contributed by atoms with E-state index in [9.17, 15) is 9.59 Å². The van der Waals surface area contributed by atoms with Crippen LogP contribution in [0.4, 0.5) is 5.69 Å². The van der Waals surface area contributed by atoms with Gasteiger partial charge in [0, 0.05) is 11.5 Å². The van der Waals surface area contributed by atoms with Crippen LogP contribution in [0.3, 0.4) is 0 Å². The monoisotopic (exact) mass is 528 g/mol. The lowest BCUT2D eigenvalue weighted by Crippen LogP contribution is -2.37. The third-order valence-corrected chi connectivity index (χ3v) is 6.48. The number of carbonyl (C=O) groups excluding carboxylic acids is 2. The Hall–Kier alpha value is -3.63. The molecule has 1 aliphatic heterocycles. The molecule has 3 aromatic rings. The van der Waals surface area contributed by atoms with Crippen molar-refractivity contribution in [3.05, 3.63) is 52.9 Å². The standard InChI is InChI=1S/C26H29ClN4O6/c1-4-36-26(33)18-5-7-20(19(27)13-18)28-25(32)16-9-11-31(12-10-16)15-23-29-24(30-37-23)17-6-8-21(34-2)22(14-17)35-3/h5-8,13-14,16H,4,9-12,15H2,1-3H3,(H,28,32). The zero-order valence-electron chi connectivity index (χ0n) is 21.0. The molecule has 0 radical (unpaired) electrons. The lowest BCUT2D eigenvalue weighted by Gasteiger charge is -2.30. The number of anilines is 1. The summed E-state index contributed by atoms with van der Waals surface area (Å²) in [6.45, 7) is 3.93. The number of methoxy groups -OCH3 is 2. The smallest absolute Gasteiger partial charge is 0.338 e. The number of nitrogens with zero attached hydrogens (tertiary/aromatic N) is 3. The Labute approximate surface area is 219 Å². The summed E-state index contributed by atoms with van der Waals surface area (Å²) in [7, 11) is 3.15. The van der Waals surface area contributed by atoms with Gasteiger partial charge >= 0.3 is 5.97 Å². The number of hydrogen-bond acceptors (Lipinski definition) is 9. The molecule has 1 saturated heterocycles. The van der Waals surface area contributed by atoms with Crippen LogP contribution in [0.15, 0.2) is 40.9 Å². The molecule has 11 heteroatoms. The van der Waals surface area contributed by atoms with E-state index in [2.05, 4.69) is 20.4 Å². The van der Waals surface area contributed by atoms with Gasteiger partial charge in [-0.1, -0.05) is 16.8 Å². The van der Waals surface area contributed by atoms with Gasteiger partial charge < -0.3 is 24.1 Å². The largest absolute Gasteiger partial charge is 0.493 e. The minimum absolute atomic E-state index is 0.0982. The molecular weight excluding hydrogens is 500 g/mol. The number of halogens is 1. The van der Waals surface area contributed by atoms with Crippen LogP contribution >= 0.6 is 11.6 Å². The maximum absolute atomic E-state index is 12.8. The molecule has 0 saturated carbocycles. The summed E-state index contributed by atoms with van der Waals surface area (Å²) in [4.78, 5) is 31.4. The number of esters is 1. The zero-order chi connectivity index (χ0) is 26.4. The third kappa shape index (κ3) is 6.39. The van der Waals surface area contributed by atoms with E-state index in [1.165, 1.54) is 6.07 Å². The molecule has 10 nitrogen and oxygen atoms in total. The van der Waals surface area contributed by atoms with Crippen LogP contribution in [0.25, 0.3) is 11.4 Å². The number of ether oxygens (including phenoxy) is 3. The maximum atomic E-state index is 12.8. The van der Waals surface area contributed by atoms with Gasteiger partial charge in [-0.2, -0.15) is 4.98 Å². The molecule has 2 heterocycles. The average molecular weight is 529 g/mol. The summed E-state index contributed by atoms with van der Waals surface area (Å²) in [5.41, 5.74) is 1.57. The Morgan fingerprint density at radius 3 is 2.54 bits per heavy atom. The Bertz CT molecular complexity index is 1260. The molecule has 0 atom stereocenters. The summed E-state index contributed by atoms with van der Waals surface area (Å²) < 4.78 is 21.1. The van der Waals surface area contributed by atoms with Crippen molar-refractivity contribution in [2.24, 2.45) is 5.92 Å². The first-order valence-corrected chi connectivity index (χ1v) is 12.3. The predicted octanol–water partition coefficient (Wildman–Crippen LogP) is 4.43. The van der Waals surface area contributed by atoms with Crippen molar-refractivity contribution >= 4 is 29.2 Å². The van der Waals surface area contributed by atoms with Gasteiger partial charge in [0.1, 0.15) is 0 Å². The van der Waals surface area contributed by atoms with Gasteiger partial charge in [0.15, 0.2) is 11.5 Å². The first-order valence-electron chi connectivity index (χ1n) is 12.0. The number of rotatable bonds is 9. The van der Waals surface area contributed by atoms with E-state index in [4.69, 9.17) is 30.3 Å². The van der Waals surface area contributed by atoms with Gasteiger partial charge in [0.2, 0.25) is 17.6 Å². The van der Waals surface area contributed by atoms with Crippen LogP contribution in [0.1, 0.15) is 36.0 Å². The molecule has 37 heavy (non-hydrogen) atoms. The fraction of sp³-hybridized carbons (Fsp3) is 0.385. The third-order valence-electron chi connectivity index (χ3n) is 6.17. The van der Waals surface area contributed by atoms with Crippen LogP contribution < -0.4 is 14.8 Å². The fourth-order valence-corrected chi connectivity index (χ4v) is 4.38. The van der Waals surface area contributed by atoms with Crippen molar-refractivity contribution in [3.63, 3.8) is 0 Å². The van der Waals surface area contributed by atoms with Gasteiger partial charge in [-0.3, -0.25) is 9.69 Å². The number of nitrogens with one attached hydrogen (secondary N) is 1. The van der Waals surface area contributed by atoms with Gasteiger partial charge in [0.25, 0.3) is 0 Å². The van der Waals surface area contributed by atoms with E-state index in [1.54, 1.807) is 45.4 Å². The van der Waals surface area contributed by atoms with Crippen molar-refractivity contribution in [1.29, 1.82) is 0 Å². The number of carbonyl (C=O) groups is 2. The second kappa shape index (κ2) is 12.1. The van der Waals surface area contributed by atoms with Crippen molar-refractivity contribution in [2.75, 3.05) is 39.2 Å². The van der Waals surface area contributed by atoms with Crippen molar-refractivity contribution in [2.45, 2.75) is 26.3 Å². The van der Waals surface area contributed by atoms with Crippen molar-refractivity contribution in [1.82, 2.24) is 15.0 Å². The van der Waals surface area contributed by atoms with E-state index < -0.39 is 5.97 Å². The highest BCUT2D eigenvalue weighted by atomic mass is 35.5. The Morgan fingerprint density at radius 2 is 1.86 bits per heavy atom. The molecule has 0 unspecified atom stereocenters. The molecule has 1 amide bonds. The molecule has 196 valence electrons. The molecule has 2 aromatic carbocycles. The summed E-state index contributed by atoms with van der Waals surface area (Å²) in [5.74, 6) is 1.48. The summed E-state index contributed by atoms with van der Waals surface area (Å²) >= 11 is 6.28. The fourth-order valence-electron chi connectivity index (χ4n) is 4.15. The van der Waals surface area contributed by atoms with Crippen LogP contribution in [-0.4, -0.2) is 60.8 Å². The van der Waals surface area contributed by atoms with E-state index in [0.29, 0.717) is 66.9 Å². The van der Waals surface area contributed by atoms with Crippen molar-refractivity contribution < 1.29 is 28.3 Å². The molecule has 1 aromatic heterocycles. The van der Waals surface area contributed by atoms with Crippen LogP contribution in [0.5, 0.6) is 11.5 Å². The molecule has 1 N–H and O–H groups in total. The van der Waals surface area contributed by atoms with Gasteiger partial charge in [-0.25, -0.2) is 4.79 Å². The number of likely N-dealkylation sites (tertiary alicyclic amines) is 1. The molecule has 0 spiro atoms. The average Bonchev–Trinajstić information content (AvgIpc) is 3.38. The van der Waals surface area contributed by atoms with Crippen LogP contribution in [-0.2, 0) is 16.1 Å². The van der Waals surface area contributed by atoms with Crippen LogP contribution in [0, 0.1) is 5.92 Å². The van der Waals surface area contributed by atoms with E-state index >= 15 is 0 Å². The summed E-state index contributed by atoms with van der Waals surface area (Å²) in [6, 6.07) is 10.1. The topological polar surface area (TPSA) is 116 Å². The summed E-state index contributed by atoms with van der Waals surface area (Å²) in [6.07, 6.45) is 1.36. The number of aromatic nitrogens is 2. The lowest BCUT2D eigenvalue weighted by atomic mass is 9.96. The SMILES string of the molecule is CCOC(=O)c1ccc(NC(=O)C2CCN(Cc3nc(-c4ccc(OC)c(OC)c4)no3)CC2)c(Cl)c1. The highest BCUT2D eigenvalue weighted by Crippen LogP contribution is 2.31. The Balaban J connectivity index is 1.29. The number of piperidine rings is 1. The minimum atomic E-state index is -0.452. The number of benzene rings is 2. The Morgan fingerprint density at radius 1 is 1.11 bits per heavy atom. The molecule has 1 aliphatic rings. The van der Waals surface area contributed by atoms with Gasteiger partial charge in [-0.15, -0.1) is 0 Å². The quantitative estimate of drug-likeness (QED) is 0.402. The summed E-state index contributed by atoms with van der Waals surface area (Å²) in [5, 5.41) is 7.26. The molecular formula is C26H29ClN4O6. The predicted molar refractivity (Wildman–Crippen MR) is 137 cm³/mol. The maximum Gasteiger partial charge on any atom is 0.338 e. The second-order valence-corrected chi connectivity index (χ2v) is 8.94. The highest BCUT2D eigenvalue weighted by molar-refractivity contribution is 6.34. The van der Waals surface area contributed by atoms with Crippen molar-refractivity contribution in [3.8, 4) is 22.9 Å². The molecule has 0 bridgehead atoms. The lowest BCUT2D eigenvalue weighted by molar-refractivity contribution is -0.121. The minimum Gasteiger partial charge on any atom is -0.493 e. The second-order valence-electron chi connectivity index (χ2n) is 8.54. The first kappa shape index (κ1) is 26.4. The molecule has 1 fully saturated rings. The normalized spacial score (nSPS) is 14.3. The van der Waals surface area contributed by atoms with Crippen LogP contribution in [0.2, 0.25) is 5.02 Å². The van der Waals surface area contributed by atoms with E-state index in [1.807, 2.05) is 6.07 Å². The van der Waals surface area contributed by atoms with E-state index in [0.717, 1.165) is 5.56 Å². The number of amides is 1. The number of hydrogen-bond donors (Lipinski definition) is 1. The molecule has 0 aliphatic carbocycles. The first-order chi connectivity index (χ1) is 17.9. The highest BCUT2D eigenvalue weighted by Gasteiger charge is 2.27. The van der Waals surface area contributed by atoms with Gasteiger partial charge in [0.05, 0.1) is 43.6 Å². The van der Waals surface area contributed by atoms with E-state index in [-0.39, 0.29) is 23.5 Å². The van der Waals surface area contributed by atoms with Gasteiger partial charge in [-0.05, 0) is 69.3 Å². The Kier molecular flexibility index (Phi) is 8.62. The molecule has 4 rings (SSSR count). The zero-order valence-corrected chi connectivity index (χ0v) is 21.7.